The van der Waals surface area contributed by atoms with Crippen molar-refractivity contribution in [2.75, 3.05) is 39.3 Å². The van der Waals surface area contributed by atoms with Crippen LogP contribution in [0.5, 0.6) is 11.5 Å². The Bertz CT molecular complexity index is 890. The van der Waals surface area contributed by atoms with Gasteiger partial charge in [0.15, 0.2) is 5.76 Å². The monoisotopic (exact) mass is 381 g/mol. The van der Waals surface area contributed by atoms with E-state index in [9.17, 15) is 9.90 Å². The summed E-state index contributed by atoms with van der Waals surface area (Å²) < 4.78 is 5.87. The number of benzene rings is 1. The number of quaternary nitrogens is 1. The molecule has 0 atom stereocenters. The normalized spacial score (nSPS) is 19.0. The van der Waals surface area contributed by atoms with Crippen molar-refractivity contribution >= 4 is 11.9 Å². The fraction of sp³-hybridized carbons (Fsp3) is 0.333. The van der Waals surface area contributed by atoms with E-state index in [1.807, 2.05) is 0 Å². The molecule has 0 saturated carbocycles. The molecule has 2 aliphatic rings. The molecule has 0 aliphatic carbocycles. The highest BCUT2D eigenvalue weighted by atomic mass is 16.5. The predicted molar refractivity (Wildman–Crippen MR) is 101 cm³/mol. The van der Waals surface area contributed by atoms with Crippen LogP contribution < -0.4 is 14.7 Å². The molecule has 0 radical (unpaired) electrons. The van der Waals surface area contributed by atoms with E-state index in [0.29, 0.717) is 30.0 Å². The zero-order chi connectivity index (χ0) is 19.5. The van der Waals surface area contributed by atoms with Crippen LogP contribution >= 0.6 is 0 Å². The van der Waals surface area contributed by atoms with Gasteiger partial charge in [-0.1, -0.05) is 11.8 Å². The molecule has 1 fully saturated rings. The number of carbonyl (C=O) groups excluding carboxylic acids is 1. The van der Waals surface area contributed by atoms with E-state index < -0.39 is 0 Å². The maximum absolute atomic E-state index is 12.7. The fourth-order valence-electron chi connectivity index (χ4n) is 3.73. The third-order valence-corrected chi connectivity index (χ3v) is 5.31. The molecular formula is C21H23N3O4. The fourth-order valence-corrected chi connectivity index (χ4v) is 3.73. The van der Waals surface area contributed by atoms with Gasteiger partial charge in [0.05, 0.1) is 25.3 Å². The van der Waals surface area contributed by atoms with Crippen molar-refractivity contribution in [1.29, 1.82) is 0 Å². The molecule has 1 aromatic carbocycles. The number of allylic oxidation sites excluding steroid dienone is 1. The largest absolute Gasteiger partial charge is 0.872 e. The quantitative estimate of drug-likeness (QED) is 0.677. The van der Waals surface area contributed by atoms with Gasteiger partial charge in [-0.25, -0.2) is 0 Å². The van der Waals surface area contributed by atoms with E-state index in [0.717, 1.165) is 31.7 Å². The molecule has 3 heterocycles. The van der Waals surface area contributed by atoms with Crippen LogP contribution in [0, 0.1) is 0 Å². The van der Waals surface area contributed by atoms with Crippen LogP contribution in [0.2, 0.25) is 0 Å². The van der Waals surface area contributed by atoms with Crippen molar-refractivity contribution in [1.82, 2.24) is 9.88 Å². The maximum Gasteiger partial charge on any atom is 0.231 e. The van der Waals surface area contributed by atoms with Crippen molar-refractivity contribution in [3.63, 3.8) is 0 Å². The van der Waals surface area contributed by atoms with E-state index in [1.165, 1.54) is 11.0 Å². The Kier molecular flexibility index (Phi) is 5.38. The molecule has 2 N–H and O–H groups in total. The van der Waals surface area contributed by atoms with Crippen molar-refractivity contribution < 1.29 is 24.6 Å². The number of aliphatic hydroxyl groups is 1. The molecule has 7 heteroatoms. The summed E-state index contributed by atoms with van der Waals surface area (Å²) in [5, 5.41) is 21.6. The van der Waals surface area contributed by atoms with Crippen molar-refractivity contribution in [3.05, 3.63) is 59.1 Å². The zero-order valence-electron chi connectivity index (χ0n) is 15.6. The number of ketones is 1. The number of pyridine rings is 1. The van der Waals surface area contributed by atoms with Crippen LogP contribution in [0.3, 0.4) is 0 Å². The number of rotatable bonds is 5. The third-order valence-electron chi connectivity index (χ3n) is 5.31. The Morgan fingerprint density at radius 3 is 2.68 bits per heavy atom. The van der Waals surface area contributed by atoms with Gasteiger partial charge in [-0.05, 0) is 29.8 Å². The molecular weight excluding hydrogens is 358 g/mol. The number of Topliss-reactive ketones (excluding diaryl/α,β-unsaturated/α-hetero) is 1. The van der Waals surface area contributed by atoms with Gasteiger partial charge in [0.25, 0.3) is 0 Å². The number of aromatic nitrogens is 1. The van der Waals surface area contributed by atoms with Crippen LogP contribution in [0.4, 0.5) is 0 Å². The smallest absolute Gasteiger partial charge is 0.231 e. The second-order valence-corrected chi connectivity index (χ2v) is 7.13. The number of hydrogen-bond acceptors (Lipinski definition) is 6. The van der Waals surface area contributed by atoms with Gasteiger partial charge in [-0.15, -0.1) is 0 Å². The summed E-state index contributed by atoms with van der Waals surface area (Å²) in [6.45, 7) is 4.91. The first-order valence-electron chi connectivity index (χ1n) is 9.49. The van der Waals surface area contributed by atoms with E-state index in [1.54, 1.807) is 36.7 Å². The van der Waals surface area contributed by atoms with Crippen LogP contribution in [-0.2, 0) is 6.54 Å². The average molecular weight is 381 g/mol. The summed E-state index contributed by atoms with van der Waals surface area (Å²) >= 11 is 0. The highest BCUT2D eigenvalue weighted by Crippen LogP contribution is 2.38. The molecule has 2 aromatic rings. The topological polar surface area (TPSA) is 90.2 Å². The van der Waals surface area contributed by atoms with Crippen LogP contribution in [0.15, 0.2) is 42.4 Å². The van der Waals surface area contributed by atoms with Gasteiger partial charge in [0, 0.05) is 37.6 Å². The van der Waals surface area contributed by atoms with Gasteiger partial charge >= 0.3 is 0 Å². The first-order chi connectivity index (χ1) is 13.7. The highest BCUT2D eigenvalue weighted by Gasteiger charge is 2.31. The first-order valence-corrected chi connectivity index (χ1v) is 9.49. The van der Waals surface area contributed by atoms with Crippen molar-refractivity contribution in [2.45, 2.75) is 6.54 Å². The van der Waals surface area contributed by atoms with Crippen LogP contribution in [-0.4, -0.2) is 60.1 Å². The average Bonchev–Trinajstić information content (AvgIpc) is 3.02. The Balaban J connectivity index is 1.54. The third kappa shape index (κ3) is 3.77. The number of β-amino-alcohol motifs (C(OH)–C–C–N with tert-alkyl or cyclic N) is 1. The number of ether oxygens (including phenoxy) is 1. The minimum absolute atomic E-state index is 0.0954. The second-order valence-electron chi connectivity index (χ2n) is 7.13. The zero-order valence-corrected chi connectivity index (χ0v) is 15.6. The lowest BCUT2D eigenvalue weighted by Gasteiger charge is -2.32. The molecule has 2 aliphatic heterocycles. The lowest BCUT2D eigenvalue weighted by atomic mass is 10.0. The number of nitrogens with zero attached hydrogens (tertiary/aromatic N) is 2. The number of carbonyl (C=O) groups is 1. The molecule has 4 rings (SSSR count). The van der Waals surface area contributed by atoms with E-state index in [-0.39, 0.29) is 23.9 Å². The number of nitrogens with one attached hydrogen (secondary N) is 1. The van der Waals surface area contributed by atoms with E-state index in [4.69, 9.17) is 9.84 Å². The minimum Gasteiger partial charge on any atom is -0.872 e. The number of hydrogen-bond donors (Lipinski definition) is 2. The molecule has 28 heavy (non-hydrogen) atoms. The Morgan fingerprint density at radius 2 is 1.96 bits per heavy atom. The molecule has 0 spiro atoms. The summed E-state index contributed by atoms with van der Waals surface area (Å²) in [4.78, 5) is 20.2. The van der Waals surface area contributed by atoms with Crippen LogP contribution in [0.25, 0.3) is 6.08 Å². The van der Waals surface area contributed by atoms with Crippen molar-refractivity contribution in [3.8, 4) is 11.5 Å². The number of fused-ring (bicyclic) bond motifs is 1. The molecule has 0 bridgehead atoms. The Hall–Kier alpha value is -2.74. The van der Waals surface area contributed by atoms with Gasteiger partial charge in [-0.3, -0.25) is 14.7 Å². The Morgan fingerprint density at radius 1 is 1.21 bits per heavy atom. The standard InChI is InChI=1S/C21H23N3O4/c25-12-11-23-7-9-24(10-8-23)14-17-18(26)2-1-16-20(27)19(28-21(16)17)13-15-3-5-22-6-4-15/h1-6,13,25-26H,7-12,14H2. The van der Waals surface area contributed by atoms with Gasteiger partial charge < -0.3 is 19.8 Å². The van der Waals surface area contributed by atoms with Gasteiger partial charge in [-0.2, -0.15) is 0 Å². The van der Waals surface area contributed by atoms with Crippen LogP contribution in [0.1, 0.15) is 21.5 Å². The lowest BCUT2D eigenvalue weighted by Crippen LogP contribution is -3.13. The summed E-state index contributed by atoms with van der Waals surface area (Å²) in [6.07, 6.45) is 4.98. The molecule has 1 aromatic heterocycles. The van der Waals surface area contributed by atoms with Crippen molar-refractivity contribution in [2.24, 2.45) is 0 Å². The van der Waals surface area contributed by atoms with E-state index >= 15 is 0 Å². The van der Waals surface area contributed by atoms with E-state index in [2.05, 4.69) is 9.88 Å². The summed E-state index contributed by atoms with van der Waals surface area (Å²) in [6, 6.07) is 6.61. The summed E-state index contributed by atoms with van der Waals surface area (Å²) in [5.74, 6) is 0.344. The lowest BCUT2D eigenvalue weighted by molar-refractivity contribution is -0.918. The van der Waals surface area contributed by atoms with Gasteiger partial charge in [0.1, 0.15) is 12.3 Å². The number of piperazine rings is 1. The molecule has 7 nitrogen and oxygen atoms in total. The second kappa shape index (κ2) is 8.10. The van der Waals surface area contributed by atoms with Gasteiger partial charge in [0.2, 0.25) is 5.78 Å². The Labute approximate surface area is 163 Å². The SMILES string of the molecule is O=C1C(=Cc2ccncc2)Oc2c1ccc([O-])c2C[NH+]1CCN(CCO)CC1. The molecule has 1 saturated heterocycles. The summed E-state index contributed by atoms with van der Waals surface area (Å²) in [5.41, 5.74) is 1.84. The molecule has 146 valence electrons. The molecule has 0 unspecified atom stereocenters. The first kappa shape index (κ1) is 18.6. The number of aliphatic hydroxyl groups excluding tert-OH is 1. The minimum atomic E-state index is -0.198. The molecule has 0 amide bonds. The summed E-state index contributed by atoms with van der Waals surface area (Å²) in [7, 11) is 0. The highest BCUT2D eigenvalue weighted by molar-refractivity contribution is 6.14. The predicted octanol–water partition coefficient (Wildman–Crippen LogP) is -0.536. The maximum atomic E-state index is 12.7.